The molecule has 1 aromatic carbocycles. The number of thioether (sulfide) groups is 1. The highest BCUT2D eigenvalue weighted by atomic mass is 35.5. The molecule has 0 aromatic heterocycles. The minimum absolute atomic E-state index is 0.00335. The van der Waals surface area contributed by atoms with Crippen LogP contribution in [0.3, 0.4) is 0 Å². The molecular weight excluding hydrogens is 404 g/mol. The van der Waals surface area contributed by atoms with Gasteiger partial charge in [0.25, 0.3) is 5.70 Å². The van der Waals surface area contributed by atoms with Gasteiger partial charge >= 0.3 is 5.97 Å². The summed E-state index contributed by atoms with van der Waals surface area (Å²) >= 11 is 7.45. The Labute approximate surface area is 172 Å². The van der Waals surface area contributed by atoms with Crippen LogP contribution in [0.1, 0.15) is 38.7 Å². The van der Waals surface area contributed by atoms with Gasteiger partial charge in [0.15, 0.2) is 5.12 Å². The molecule has 1 N–H and O–H groups in total. The van der Waals surface area contributed by atoms with Crippen LogP contribution in [0, 0.1) is 10.1 Å². The predicted octanol–water partition coefficient (Wildman–Crippen LogP) is 4.02. The molecule has 0 fully saturated rings. The molecule has 28 heavy (non-hydrogen) atoms. The fourth-order valence-electron chi connectivity index (χ4n) is 3.03. The highest BCUT2D eigenvalue weighted by Crippen LogP contribution is 2.41. The number of ether oxygens (including phenoxy) is 1. The van der Waals surface area contributed by atoms with Crippen molar-refractivity contribution < 1.29 is 19.2 Å². The Kier molecular flexibility index (Phi) is 7.65. The Morgan fingerprint density at radius 2 is 1.96 bits per heavy atom. The van der Waals surface area contributed by atoms with E-state index in [-0.39, 0.29) is 23.0 Å². The molecule has 1 unspecified atom stereocenters. The number of allylic oxidation sites excluding steroid dienone is 3. The van der Waals surface area contributed by atoms with Crippen LogP contribution in [-0.4, -0.2) is 28.4 Å². The number of esters is 1. The van der Waals surface area contributed by atoms with E-state index in [4.69, 9.17) is 16.3 Å². The van der Waals surface area contributed by atoms with Crippen LogP contribution in [0.5, 0.6) is 0 Å². The van der Waals surface area contributed by atoms with Gasteiger partial charge in [-0.2, -0.15) is 0 Å². The first-order valence-corrected chi connectivity index (χ1v) is 9.98. The summed E-state index contributed by atoms with van der Waals surface area (Å²) in [6.07, 6.45) is 0.503. The molecular formula is C19H21ClN2O5S. The van der Waals surface area contributed by atoms with E-state index in [0.29, 0.717) is 34.2 Å². The first kappa shape index (κ1) is 22.0. The molecule has 9 heteroatoms. The summed E-state index contributed by atoms with van der Waals surface area (Å²) in [6.45, 7) is 4.85. The number of carbonyl (C=O) groups excluding carboxylic acids is 2. The summed E-state index contributed by atoms with van der Waals surface area (Å²) in [7, 11) is 0. The van der Waals surface area contributed by atoms with Gasteiger partial charge in [-0.25, -0.2) is 4.79 Å². The van der Waals surface area contributed by atoms with Crippen molar-refractivity contribution in [2.24, 2.45) is 0 Å². The van der Waals surface area contributed by atoms with Crippen LogP contribution >= 0.6 is 23.4 Å². The molecule has 0 spiro atoms. The van der Waals surface area contributed by atoms with E-state index < -0.39 is 16.8 Å². The number of hydrogen-bond donors (Lipinski definition) is 1. The highest BCUT2D eigenvalue weighted by molar-refractivity contribution is 8.13. The zero-order valence-corrected chi connectivity index (χ0v) is 17.4. The molecule has 1 atom stereocenters. The van der Waals surface area contributed by atoms with Crippen LogP contribution in [0.25, 0.3) is 0 Å². The molecule has 1 aliphatic rings. The maximum Gasteiger partial charge on any atom is 0.336 e. The fraction of sp³-hybridized carbons (Fsp3) is 0.368. The van der Waals surface area contributed by atoms with Crippen LogP contribution in [-0.2, 0) is 14.3 Å². The third-order valence-corrected chi connectivity index (χ3v) is 5.43. The minimum Gasteiger partial charge on any atom is -0.462 e. The molecule has 0 saturated carbocycles. The molecule has 1 heterocycles. The standard InChI is InChI=1S/C19H21ClN2O5S/c1-11-16(19(24)27-9-6-10-28-13(3)23)17(14-7-4-5-8-15(14)20)18(22(25)26)12(2)21-11/h4-5,7-8,17,21H,6,9-10H2,1-3H3. The molecule has 0 amide bonds. The van der Waals surface area contributed by atoms with E-state index >= 15 is 0 Å². The summed E-state index contributed by atoms with van der Waals surface area (Å²) in [6, 6.07) is 6.73. The Bertz CT molecular complexity index is 866. The molecule has 2 rings (SSSR count). The number of halogens is 1. The van der Waals surface area contributed by atoms with E-state index in [1.807, 2.05) is 0 Å². The zero-order valence-electron chi connectivity index (χ0n) is 15.8. The number of rotatable bonds is 7. The lowest BCUT2D eigenvalue weighted by atomic mass is 9.84. The van der Waals surface area contributed by atoms with Gasteiger partial charge in [0, 0.05) is 23.4 Å². The van der Waals surface area contributed by atoms with Crippen LogP contribution in [0.15, 0.2) is 46.9 Å². The number of nitro groups is 1. The smallest absolute Gasteiger partial charge is 0.336 e. The largest absolute Gasteiger partial charge is 0.462 e. The highest BCUT2D eigenvalue weighted by Gasteiger charge is 2.41. The summed E-state index contributed by atoms with van der Waals surface area (Å²) in [5, 5.41) is 15.0. The van der Waals surface area contributed by atoms with E-state index in [1.54, 1.807) is 38.1 Å². The monoisotopic (exact) mass is 424 g/mol. The number of carbonyl (C=O) groups is 2. The maximum absolute atomic E-state index is 12.8. The number of benzene rings is 1. The van der Waals surface area contributed by atoms with Gasteiger partial charge in [-0.1, -0.05) is 41.6 Å². The second kappa shape index (κ2) is 9.75. The molecule has 0 saturated heterocycles. The first-order chi connectivity index (χ1) is 13.2. The van der Waals surface area contributed by atoms with Crippen LogP contribution in [0.2, 0.25) is 5.02 Å². The van der Waals surface area contributed by atoms with Crippen molar-refractivity contribution in [3.05, 3.63) is 67.6 Å². The number of dihydropyridines is 1. The zero-order chi connectivity index (χ0) is 20.8. The normalized spacial score (nSPS) is 16.6. The fourth-order valence-corrected chi connectivity index (χ4v) is 3.82. The first-order valence-electron chi connectivity index (χ1n) is 8.61. The molecule has 0 bridgehead atoms. The van der Waals surface area contributed by atoms with E-state index in [2.05, 4.69) is 5.32 Å². The number of nitrogens with one attached hydrogen (secondary N) is 1. The second-order valence-electron chi connectivity index (χ2n) is 6.22. The van der Waals surface area contributed by atoms with E-state index in [1.165, 1.54) is 6.92 Å². The van der Waals surface area contributed by atoms with Crippen molar-refractivity contribution in [1.82, 2.24) is 5.32 Å². The number of nitrogens with zero attached hydrogens (tertiary/aromatic N) is 1. The third kappa shape index (κ3) is 5.14. The van der Waals surface area contributed by atoms with E-state index in [0.717, 1.165) is 11.8 Å². The Morgan fingerprint density at radius 1 is 1.29 bits per heavy atom. The molecule has 0 aliphatic carbocycles. The minimum atomic E-state index is -0.941. The van der Waals surface area contributed by atoms with Gasteiger partial charge in [-0.15, -0.1) is 0 Å². The second-order valence-corrected chi connectivity index (χ2v) is 7.89. The molecule has 150 valence electrons. The SMILES string of the molecule is CC(=O)SCCCOC(=O)C1=C(C)NC(C)=C([N+](=O)[O-])C1c1ccccc1Cl. The lowest BCUT2D eigenvalue weighted by Crippen LogP contribution is -2.32. The lowest BCUT2D eigenvalue weighted by Gasteiger charge is -2.27. The van der Waals surface area contributed by atoms with Crippen molar-refractivity contribution in [3.63, 3.8) is 0 Å². The Balaban J connectivity index is 2.33. The van der Waals surface area contributed by atoms with Crippen LogP contribution in [0.4, 0.5) is 0 Å². The maximum atomic E-state index is 12.8. The average molecular weight is 425 g/mol. The van der Waals surface area contributed by atoms with Gasteiger partial charge in [0.05, 0.1) is 22.8 Å². The molecule has 7 nitrogen and oxygen atoms in total. The van der Waals surface area contributed by atoms with Crippen molar-refractivity contribution in [2.45, 2.75) is 33.1 Å². The van der Waals surface area contributed by atoms with Gasteiger partial charge < -0.3 is 10.1 Å². The predicted molar refractivity (Wildman–Crippen MR) is 108 cm³/mol. The Morgan fingerprint density at radius 3 is 2.57 bits per heavy atom. The van der Waals surface area contributed by atoms with Crippen molar-refractivity contribution >= 4 is 34.4 Å². The van der Waals surface area contributed by atoms with Crippen molar-refractivity contribution in [1.29, 1.82) is 0 Å². The topological polar surface area (TPSA) is 98.5 Å². The number of hydrogen-bond acceptors (Lipinski definition) is 7. The third-order valence-electron chi connectivity index (χ3n) is 4.19. The van der Waals surface area contributed by atoms with Gasteiger partial charge in [0.2, 0.25) is 0 Å². The lowest BCUT2D eigenvalue weighted by molar-refractivity contribution is -0.431. The van der Waals surface area contributed by atoms with Gasteiger partial charge in [-0.05, 0) is 31.9 Å². The summed E-state index contributed by atoms with van der Waals surface area (Å²) in [4.78, 5) is 35.0. The summed E-state index contributed by atoms with van der Waals surface area (Å²) < 4.78 is 5.34. The summed E-state index contributed by atoms with van der Waals surface area (Å²) in [5.74, 6) is -1.05. The van der Waals surface area contributed by atoms with Crippen molar-refractivity contribution in [2.75, 3.05) is 12.4 Å². The van der Waals surface area contributed by atoms with Gasteiger partial charge in [0.1, 0.15) is 5.92 Å². The van der Waals surface area contributed by atoms with Crippen LogP contribution < -0.4 is 5.32 Å². The Hall–Kier alpha value is -2.32. The molecule has 1 aromatic rings. The van der Waals surface area contributed by atoms with E-state index in [9.17, 15) is 19.7 Å². The molecule has 1 aliphatic heterocycles. The average Bonchev–Trinajstić information content (AvgIpc) is 2.60. The van der Waals surface area contributed by atoms with Crippen molar-refractivity contribution in [3.8, 4) is 0 Å². The summed E-state index contributed by atoms with van der Waals surface area (Å²) in [5.41, 5.74) is 1.32. The quantitative estimate of drug-likeness (QED) is 0.305. The molecule has 0 radical (unpaired) electrons. The van der Waals surface area contributed by atoms with Gasteiger partial charge in [-0.3, -0.25) is 14.9 Å².